The first-order valence-electron chi connectivity index (χ1n) is 9.99. The molecule has 0 radical (unpaired) electrons. The van der Waals surface area contributed by atoms with E-state index in [-0.39, 0.29) is 17.3 Å². The number of hydrogen-bond donors (Lipinski definition) is 1. The van der Waals surface area contributed by atoms with Crippen LogP contribution in [0.2, 0.25) is 5.02 Å². The summed E-state index contributed by atoms with van der Waals surface area (Å²) in [6, 6.07) is 17.1. The van der Waals surface area contributed by atoms with E-state index in [0.717, 1.165) is 6.42 Å². The minimum Gasteiger partial charge on any atom is -0.353 e. The van der Waals surface area contributed by atoms with Crippen molar-refractivity contribution in [3.05, 3.63) is 92.1 Å². The Morgan fingerprint density at radius 2 is 1.84 bits per heavy atom. The Kier molecular flexibility index (Phi) is 7.37. The first kappa shape index (κ1) is 22.9. The molecule has 0 saturated carbocycles. The molecule has 0 aromatic heterocycles. The van der Waals surface area contributed by atoms with Crippen molar-refractivity contribution in [1.82, 2.24) is 5.32 Å². The lowest BCUT2D eigenvalue weighted by molar-refractivity contribution is -0.113. The fourth-order valence-corrected chi connectivity index (χ4v) is 4.89. The van der Waals surface area contributed by atoms with Gasteiger partial charge in [0.2, 0.25) is 0 Å². The molecule has 3 rings (SSSR count). The molecule has 0 amide bonds. The molecular weight excluding hydrogens is 428 g/mol. The van der Waals surface area contributed by atoms with Gasteiger partial charge in [-0.1, -0.05) is 72.8 Å². The average Bonchev–Trinajstić information content (AvgIpc) is 2.77. The third-order valence-electron chi connectivity index (χ3n) is 5.27. The van der Waals surface area contributed by atoms with Crippen LogP contribution in [0.25, 0.3) is 0 Å². The molecule has 2 aromatic rings. The van der Waals surface area contributed by atoms with Crippen molar-refractivity contribution in [2.45, 2.75) is 33.1 Å². The number of halogens is 1. The second-order valence-electron chi connectivity index (χ2n) is 7.29. The van der Waals surface area contributed by atoms with Crippen LogP contribution in [0.15, 0.2) is 70.4 Å². The first-order chi connectivity index (χ1) is 14.9. The predicted molar refractivity (Wildman–Crippen MR) is 126 cm³/mol. The number of nitrogens with zero attached hydrogens (tertiary/aromatic N) is 1. The summed E-state index contributed by atoms with van der Waals surface area (Å²) in [7, 11) is 0. The number of rotatable bonds is 7. The maximum Gasteiger partial charge on any atom is 0.173 e. The van der Waals surface area contributed by atoms with Crippen LogP contribution in [0.1, 0.15) is 48.2 Å². The van der Waals surface area contributed by atoms with Gasteiger partial charge in [-0.2, -0.15) is 5.26 Å². The highest BCUT2D eigenvalue weighted by molar-refractivity contribution is 8.03. The average molecular weight is 451 g/mol. The summed E-state index contributed by atoms with van der Waals surface area (Å²) in [6.45, 7) is 5.36. The third-order valence-corrected chi connectivity index (χ3v) is 6.64. The molecular formula is C25H23ClN2O2S. The monoisotopic (exact) mass is 450 g/mol. The number of thioether (sulfide) groups is 1. The summed E-state index contributed by atoms with van der Waals surface area (Å²) in [5.74, 6) is -0.540. The lowest BCUT2D eigenvalue weighted by atomic mass is 9.81. The number of benzene rings is 2. The molecule has 2 aromatic carbocycles. The summed E-state index contributed by atoms with van der Waals surface area (Å²) in [4.78, 5) is 25.1. The zero-order valence-corrected chi connectivity index (χ0v) is 19.2. The fraction of sp³-hybridized carbons (Fsp3) is 0.240. The van der Waals surface area contributed by atoms with Gasteiger partial charge in [0.25, 0.3) is 0 Å². The van der Waals surface area contributed by atoms with E-state index in [1.54, 1.807) is 13.0 Å². The number of allylic oxidation sites excluding steroid dienone is 3. The molecule has 31 heavy (non-hydrogen) atoms. The van der Waals surface area contributed by atoms with Crippen molar-refractivity contribution in [1.29, 1.82) is 5.26 Å². The van der Waals surface area contributed by atoms with E-state index < -0.39 is 5.92 Å². The third kappa shape index (κ3) is 4.92. The Bertz CT molecular complexity index is 1130. The highest BCUT2D eigenvalue weighted by Crippen LogP contribution is 2.43. The van der Waals surface area contributed by atoms with Crippen LogP contribution >= 0.6 is 23.4 Å². The maximum atomic E-state index is 12.7. The van der Waals surface area contributed by atoms with Gasteiger partial charge in [-0.3, -0.25) is 9.59 Å². The minimum atomic E-state index is -0.570. The van der Waals surface area contributed by atoms with Gasteiger partial charge >= 0.3 is 0 Å². The van der Waals surface area contributed by atoms with Crippen LogP contribution in [-0.4, -0.2) is 17.3 Å². The Hall–Kier alpha value is -2.81. The van der Waals surface area contributed by atoms with Gasteiger partial charge < -0.3 is 5.32 Å². The zero-order chi connectivity index (χ0) is 22.5. The Morgan fingerprint density at radius 1 is 1.16 bits per heavy atom. The quantitative estimate of drug-likeness (QED) is 0.539. The van der Waals surface area contributed by atoms with Crippen LogP contribution in [0.5, 0.6) is 0 Å². The van der Waals surface area contributed by atoms with Gasteiger partial charge in [-0.25, -0.2) is 0 Å². The van der Waals surface area contributed by atoms with E-state index >= 15 is 0 Å². The van der Waals surface area contributed by atoms with E-state index in [2.05, 4.69) is 18.3 Å². The van der Waals surface area contributed by atoms with E-state index in [1.807, 2.05) is 42.5 Å². The molecule has 1 aliphatic heterocycles. The molecule has 1 atom stereocenters. The normalized spacial score (nSPS) is 16.0. The molecule has 4 nitrogen and oxygen atoms in total. The standard InChI is InChI=1S/C25H23ClN2O2S/c1-4-17-9-11-18(12-10-17)22(30)14-31-25-20(13-27)24(19-7-5-6-8-21(19)26)23(16(3)29)15(2)28-25/h5-12,24,28H,4,14H2,1-3H3/t24-/m0/s1. The van der Waals surface area contributed by atoms with Crippen molar-refractivity contribution >= 4 is 34.9 Å². The maximum absolute atomic E-state index is 12.7. The van der Waals surface area contributed by atoms with Gasteiger partial charge in [0.05, 0.1) is 28.3 Å². The van der Waals surface area contributed by atoms with Crippen molar-refractivity contribution in [2.75, 3.05) is 5.75 Å². The van der Waals surface area contributed by atoms with E-state index in [4.69, 9.17) is 11.6 Å². The predicted octanol–water partition coefficient (Wildman–Crippen LogP) is 5.80. The summed E-state index contributed by atoms with van der Waals surface area (Å²) in [5.41, 5.74) is 4.08. The highest BCUT2D eigenvalue weighted by Gasteiger charge is 2.34. The molecule has 0 saturated heterocycles. The van der Waals surface area contributed by atoms with Gasteiger partial charge in [-0.15, -0.1) is 0 Å². The molecule has 1 N–H and O–H groups in total. The van der Waals surface area contributed by atoms with Gasteiger partial charge in [0.15, 0.2) is 11.6 Å². The number of hydrogen-bond acceptors (Lipinski definition) is 5. The number of ketones is 2. The summed E-state index contributed by atoms with van der Waals surface area (Å²) < 4.78 is 0. The van der Waals surface area contributed by atoms with Crippen LogP contribution in [0.3, 0.4) is 0 Å². The Labute approximate surface area is 192 Å². The number of carbonyl (C=O) groups excluding carboxylic acids is 2. The number of aryl methyl sites for hydroxylation is 1. The number of dihydropyridines is 1. The lowest BCUT2D eigenvalue weighted by Gasteiger charge is -2.29. The van der Waals surface area contributed by atoms with Crippen LogP contribution < -0.4 is 5.32 Å². The van der Waals surface area contributed by atoms with Crippen molar-refractivity contribution in [3.63, 3.8) is 0 Å². The number of Topliss-reactive ketones (excluding diaryl/α,β-unsaturated/α-hetero) is 2. The summed E-state index contributed by atoms with van der Waals surface area (Å²) >= 11 is 7.70. The topological polar surface area (TPSA) is 70.0 Å². The van der Waals surface area contributed by atoms with Gasteiger partial charge in [0, 0.05) is 21.9 Å². The molecule has 0 fully saturated rings. The molecule has 1 heterocycles. The first-order valence-corrected chi connectivity index (χ1v) is 11.4. The van der Waals surface area contributed by atoms with Gasteiger partial charge in [-0.05, 0) is 37.5 Å². The number of nitriles is 1. The van der Waals surface area contributed by atoms with Gasteiger partial charge in [0.1, 0.15) is 0 Å². The zero-order valence-electron chi connectivity index (χ0n) is 17.7. The molecule has 6 heteroatoms. The molecule has 0 aliphatic carbocycles. The summed E-state index contributed by atoms with van der Waals surface area (Å²) in [5, 5.41) is 14.2. The van der Waals surface area contributed by atoms with Crippen LogP contribution in [0.4, 0.5) is 0 Å². The molecule has 158 valence electrons. The minimum absolute atomic E-state index is 0.0208. The molecule has 1 aliphatic rings. The number of nitrogens with one attached hydrogen (secondary N) is 1. The molecule has 0 spiro atoms. The summed E-state index contributed by atoms with van der Waals surface area (Å²) in [6.07, 6.45) is 0.916. The Balaban J connectivity index is 1.94. The van der Waals surface area contributed by atoms with Crippen LogP contribution in [-0.2, 0) is 11.2 Å². The molecule has 0 unspecified atom stereocenters. The SMILES string of the molecule is CCc1ccc(C(=O)CSC2=C(C#N)[C@H](c3ccccc3Cl)C(C(C)=O)=C(C)N2)cc1. The second kappa shape index (κ2) is 10.00. The van der Waals surface area contributed by atoms with E-state index in [1.165, 1.54) is 24.2 Å². The Morgan fingerprint density at radius 3 is 2.42 bits per heavy atom. The van der Waals surface area contributed by atoms with E-state index in [0.29, 0.717) is 38.0 Å². The van der Waals surface area contributed by atoms with Crippen molar-refractivity contribution < 1.29 is 9.59 Å². The highest BCUT2D eigenvalue weighted by atomic mass is 35.5. The fourth-order valence-electron chi connectivity index (χ4n) is 3.66. The second-order valence-corrected chi connectivity index (χ2v) is 8.68. The lowest BCUT2D eigenvalue weighted by Crippen LogP contribution is -2.27. The van der Waals surface area contributed by atoms with E-state index in [9.17, 15) is 14.9 Å². The largest absolute Gasteiger partial charge is 0.353 e. The van der Waals surface area contributed by atoms with Crippen LogP contribution in [0, 0.1) is 11.3 Å². The van der Waals surface area contributed by atoms with Crippen molar-refractivity contribution in [3.8, 4) is 6.07 Å². The van der Waals surface area contributed by atoms with Crippen molar-refractivity contribution in [2.24, 2.45) is 0 Å². The molecule has 0 bridgehead atoms. The smallest absolute Gasteiger partial charge is 0.173 e. The number of carbonyl (C=O) groups is 2.